The number of benzene rings is 1. The first-order chi connectivity index (χ1) is 10.7. The van der Waals surface area contributed by atoms with E-state index in [1.807, 2.05) is 11.6 Å². The normalized spacial score (nSPS) is 22.3. The molecule has 1 aliphatic carbocycles. The van der Waals surface area contributed by atoms with Crippen LogP contribution in [0.15, 0.2) is 24.4 Å². The number of aryl methyl sites for hydroxylation is 1. The van der Waals surface area contributed by atoms with Crippen LogP contribution >= 0.6 is 11.3 Å². The average molecular weight is 313 g/mol. The fraction of sp³-hybridized carbons (Fsp3) is 0.438. The monoisotopic (exact) mass is 313 g/mol. The Morgan fingerprint density at radius 1 is 1.23 bits per heavy atom. The van der Waals surface area contributed by atoms with E-state index >= 15 is 0 Å². The second-order valence-corrected chi connectivity index (χ2v) is 7.32. The van der Waals surface area contributed by atoms with Crippen LogP contribution in [-0.2, 0) is 0 Å². The molecule has 4 rings (SSSR count). The SMILES string of the molecule is Cc1nc2cc(-n3cc(C4CCC(N)CC4)nn3)ccc2s1. The van der Waals surface area contributed by atoms with Crippen molar-refractivity contribution in [1.29, 1.82) is 0 Å². The van der Waals surface area contributed by atoms with Gasteiger partial charge in [-0.05, 0) is 50.8 Å². The second kappa shape index (κ2) is 5.44. The first kappa shape index (κ1) is 13.8. The lowest BCUT2D eigenvalue weighted by Crippen LogP contribution is -2.25. The molecule has 1 aliphatic rings. The minimum Gasteiger partial charge on any atom is -0.328 e. The summed E-state index contributed by atoms with van der Waals surface area (Å²) in [6.45, 7) is 2.03. The lowest BCUT2D eigenvalue weighted by Gasteiger charge is -2.24. The Bertz CT molecular complexity index is 798. The number of rotatable bonds is 2. The van der Waals surface area contributed by atoms with Crippen molar-refractivity contribution >= 4 is 21.6 Å². The molecular weight excluding hydrogens is 294 g/mol. The van der Waals surface area contributed by atoms with Gasteiger partial charge >= 0.3 is 0 Å². The molecule has 0 aliphatic heterocycles. The van der Waals surface area contributed by atoms with Crippen molar-refractivity contribution in [1.82, 2.24) is 20.0 Å². The Kier molecular flexibility index (Phi) is 3.43. The Balaban J connectivity index is 1.62. The summed E-state index contributed by atoms with van der Waals surface area (Å²) in [4.78, 5) is 4.55. The lowest BCUT2D eigenvalue weighted by molar-refractivity contribution is 0.390. The minimum atomic E-state index is 0.363. The number of hydrogen-bond donors (Lipinski definition) is 1. The van der Waals surface area contributed by atoms with Gasteiger partial charge < -0.3 is 5.73 Å². The maximum absolute atomic E-state index is 5.98. The molecule has 5 nitrogen and oxygen atoms in total. The molecule has 2 aromatic heterocycles. The van der Waals surface area contributed by atoms with Crippen LogP contribution in [0.4, 0.5) is 0 Å². The first-order valence-corrected chi connectivity index (χ1v) is 8.56. The highest BCUT2D eigenvalue weighted by Crippen LogP contribution is 2.31. The van der Waals surface area contributed by atoms with Crippen molar-refractivity contribution in [2.45, 2.75) is 44.6 Å². The van der Waals surface area contributed by atoms with Crippen LogP contribution in [0.1, 0.15) is 42.3 Å². The van der Waals surface area contributed by atoms with Crippen LogP contribution < -0.4 is 5.73 Å². The largest absolute Gasteiger partial charge is 0.328 e. The zero-order valence-corrected chi connectivity index (χ0v) is 13.4. The molecule has 1 fully saturated rings. The van der Waals surface area contributed by atoms with Crippen molar-refractivity contribution in [2.75, 3.05) is 0 Å². The maximum Gasteiger partial charge on any atom is 0.0907 e. The van der Waals surface area contributed by atoms with Crippen molar-refractivity contribution < 1.29 is 0 Å². The van der Waals surface area contributed by atoms with Gasteiger partial charge in [-0.2, -0.15) is 0 Å². The number of thiazole rings is 1. The summed E-state index contributed by atoms with van der Waals surface area (Å²) in [5.74, 6) is 0.499. The van der Waals surface area contributed by atoms with Crippen LogP contribution in [-0.4, -0.2) is 26.0 Å². The quantitative estimate of drug-likeness (QED) is 0.789. The fourth-order valence-corrected chi connectivity index (χ4v) is 3.99. The van der Waals surface area contributed by atoms with E-state index in [0.717, 1.165) is 47.6 Å². The van der Waals surface area contributed by atoms with Crippen molar-refractivity contribution in [3.05, 3.63) is 35.1 Å². The van der Waals surface area contributed by atoms with Crippen LogP contribution in [0.5, 0.6) is 0 Å². The molecule has 0 saturated heterocycles. The van der Waals surface area contributed by atoms with E-state index in [0.29, 0.717) is 12.0 Å². The van der Waals surface area contributed by atoms with Crippen molar-refractivity contribution in [3.8, 4) is 5.69 Å². The number of nitrogens with zero attached hydrogens (tertiary/aromatic N) is 4. The standard InChI is InChI=1S/C16H19N5S/c1-10-18-14-8-13(6-7-16(14)22-10)21-9-15(19-20-21)11-2-4-12(17)5-3-11/h6-9,11-12H,2-5,17H2,1H3. The van der Waals surface area contributed by atoms with Crippen LogP contribution in [0.25, 0.3) is 15.9 Å². The summed E-state index contributed by atoms with van der Waals surface area (Å²) in [6, 6.07) is 6.63. The van der Waals surface area contributed by atoms with Gasteiger partial charge in [-0.25, -0.2) is 9.67 Å². The third-order valence-electron chi connectivity index (χ3n) is 4.44. The third kappa shape index (κ3) is 2.53. The van der Waals surface area contributed by atoms with E-state index in [2.05, 4.69) is 39.7 Å². The topological polar surface area (TPSA) is 69.6 Å². The van der Waals surface area contributed by atoms with E-state index < -0.39 is 0 Å². The molecule has 3 aromatic rings. The zero-order valence-electron chi connectivity index (χ0n) is 12.6. The molecule has 114 valence electrons. The molecule has 0 unspecified atom stereocenters. The second-order valence-electron chi connectivity index (χ2n) is 6.08. The molecule has 22 heavy (non-hydrogen) atoms. The van der Waals surface area contributed by atoms with Gasteiger partial charge in [-0.15, -0.1) is 16.4 Å². The highest BCUT2D eigenvalue weighted by atomic mass is 32.1. The predicted octanol–water partition coefficient (Wildman–Crippen LogP) is 3.17. The van der Waals surface area contributed by atoms with Gasteiger partial charge in [0.15, 0.2) is 0 Å². The summed E-state index contributed by atoms with van der Waals surface area (Å²) < 4.78 is 3.07. The van der Waals surface area contributed by atoms with E-state index in [9.17, 15) is 0 Å². The average Bonchev–Trinajstić information content (AvgIpc) is 3.12. The molecule has 0 radical (unpaired) electrons. The Morgan fingerprint density at radius 3 is 2.86 bits per heavy atom. The summed E-state index contributed by atoms with van der Waals surface area (Å²) in [5.41, 5.74) is 9.11. The Labute approximate surface area is 133 Å². The van der Waals surface area contributed by atoms with Gasteiger partial charge in [0, 0.05) is 12.0 Å². The molecule has 1 saturated carbocycles. The molecule has 6 heteroatoms. The van der Waals surface area contributed by atoms with E-state index in [4.69, 9.17) is 5.73 Å². The summed E-state index contributed by atoms with van der Waals surface area (Å²) in [7, 11) is 0. The highest BCUT2D eigenvalue weighted by Gasteiger charge is 2.22. The maximum atomic E-state index is 5.98. The van der Waals surface area contributed by atoms with Crippen LogP contribution in [0, 0.1) is 6.92 Å². The number of hydrogen-bond acceptors (Lipinski definition) is 5. The molecular formula is C16H19N5S. The van der Waals surface area contributed by atoms with Gasteiger partial charge in [0.1, 0.15) is 0 Å². The lowest BCUT2D eigenvalue weighted by atomic mass is 9.85. The minimum absolute atomic E-state index is 0.363. The summed E-state index contributed by atoms with van der Waals surface area (Å²) in [5, 5.41) is 9.77. The molecule has 0 spiro atoms. The third-order valence-corrected chi connectivity index (χ3v) is 5.40. The van der Waals surface area contributed by atoms with E-state index in [1.165, 1.54) is 4.70 Å². The predicted molar refractivity (Wildman–Crippen MR) is 88.5 cm³/mol. The Morgan fingerprint density at radius 2 is 2.05 bits per heavy atom. The number of fused-ring (bicyclic) bond motifs is 1. The summed E-state index contributed by atoms with van der Waals surface area (Å²) >= 11 is 1.72. The molecule has 2 N–H and O–H groups in total. The molecule has 0 bridgehead atoms. The van der Waals surface area contributed by atoms with Gasteiger partial charge in [-0.1, -0.05) is 5.21 Å². The van der Waals surface area contributed by atoms with Gasteiger partial charge in [0.2, 0.25) is 0 Å². The van der Waals surface area contributed by atoms with E-state index in [-0.39, 0.29) is 0 Å². The number of nitrogens with two attached hydrogens (primary N) is 1. The van der Waals surface area contributed by atoms with Crippen molar-refractivity contribution in [3.63, 3.8) is 0 Å². The molecule has 2 heterocycles. The van der Waals surface area contributed by atoms with Crippen LogP contribution in [0.2, 0.25) is 0 Å². The molecule has 1 aromatic carbocycles. The van der Waals surface area contributed by atoms with Crippen molar-refractivity contribution in [2.24, 2.45) is 5.73 Å². The van der Waals surface area contributed by atoms with Gasteiger partial charge in [0.05, 0.1) is 32.8 Å². The fourth-order valence-electron chi connectivity index (χ4n) is 3.18. The highest BCUT2D eigenvalue weighted by molar-refractivity contribution is 7.18. The number of aromatic nitrogens is 4. The molecule has 0 atom stereocenters. The smallest absolute Gasteiger partial charge is 0.0907 e. The van der Waals surface area contributed by atoms with E-state index in [1.54, 1.807) is 11.3 Å². The van der Waals surface area contributed by atoms with Gasteiger partial charge in [-0.3, -0.25) is 0 Å². The summed E-state index contributed by atoms with van der Waals surface area (Å²) in [6.07, 6.45) is 6.46. The molecule has 0 amide bonds. The van der Waals surface area contributed by atoms with Gasteiger partial charge in [0.25, 0.3) is 0 Å². The zero-order chi connectivity index (χ0) is 15.1. The van der Waals surface area contributed by atoms with Crippen LogP contribution in [0.3, 0.4) is 0 Å². The first-order valence-electron chi connectivity index (χ1n) is 7.74. The Hall–Kier alpha value is -1.79.